The van der Waals surface area contributed by atoms with Gasteiger partial charge in [-0.1, -0.05) is 71.9 Å². The van der Waals surface area contributed by atoms with Gasteiger partial charge in [-0.05, 0) is 16.7 Å². The summed E-state index contributed by atoms with van der Waals surface area (Å²) < 4.78 is 37.9. The number of alkyl halides is 1. The van der Waals surface area contributed by atoms with Gasteiger partial charge in [0, 0.05) is 4.91 Å². The highest BCUT2D eigenvalue weighted by molar-refractivity contribution is 5.14. The highest BCUT2D eigenvalue weighted by Gasteiger charge is 2.47. The summed E-state index contributed by atoms with van der Waals surface area (Å²) in [5.41, 5.74) is 10.8. The number of azide groups is 1. The third kappa shape index (κ3) is 6.62. The van der Waals surface area contributed by atoms with Crippen molar-refractivity contribution in [2.45, 2.75) is 43.9 Å². The van der Waals surface area contributed by atoms with Crippen LogP contribution in [0.25, 0.3) is 10.4 Å². The molecule has 1 aliphatic rings. The van der Waals surface area contributed by atoms with Gasteiger partial charge in [0.05, 0.1) is 26.4 Å². The van der Waals surface area contributed by atoms with Gasteiger partial charge >= 0.3 is 0 Å². The minimum Gasteiger partial charge on any atom is -0.374 e. The second-order valence-electron chi connectivity index (χ2n) is 7.07. The molecule has 1 aliphatic heterocycles. The van der Waals surface area contributed by atoms with E-state index >= 15 is 0 Å². The molecule has 0 bridgehead atoms. The maximum atomic E-state index is 14.8. The molecular formula is C23H26FN3O4. The lowest BCUT2D eigenvalue weighted by molar-refractivity contribution is -0.249. The van der Waals surface area contributed by atoms with Gasteiger partial charge in [0.25, 0.3) is 0 Å². The Morgan fingerprint density at radius 1 is 1.00 bits per heavy atom. The number of benzene rings is 2. The summed E-state index contributed by atoms with van der Waals surface area (Å²) in [4.78, 5) is 2.77. The highest BCUT2D eigenvalue weighted by atomic mass is 19.1. The van der Waals surface area contributed by atoms with Gasteiger partial charge in [0.15, 0.2) is 0 Å². The van der Waals surface area contributed by atoms with Crippen LogP contribution < -0.4 is 0 Å². The predicted octanol–water partition coefficient (Wildman–Crippen LogP) is 4.73. The fraction of sp³-hybridized carbons (Fsp3) is 0.391. The van der Waals surface area contributed by atoms with E-state index in [0.29, 0.717) is 6.61 Å². The first kappa shape index (κ1) is 22.9. The molecule has 0 aromatic heterocycles. The average molecular weight is 427 g/mol. The van der Waals surface area contributed by atoms with E-state index in [1.54, 1.807) is 6.08 Å². The summed E-state index contributed by atoms with van der Waals surface area (Å²) >= 11 is 0. The molecule has 1 heterocycles. The summed E-state index contributed by atoms with van der Waals surface area (Å²) in [6, 6.07) is 17.9. The van der Waals surface area contributed by atoms with E-state index < -0.39 is 30.7 Å². The van der Waals surface area contributed by atoms with Gasteiger partial charge in [-0.3, -0.25) is 0 Å². The smallest absolute Gasteiger partial charge is 0.210 e. The Morgan fingerprint density at radius 3 is 2.26 bits per heavy atom. The molecule has 2 aromatic rings. The Bertz CT molecular complexity index is 848. The summed E-state index contributed by atoms with van der Waals surface area (Å²) in [6.45, 7) is 4.52. The first-order valence-electron chi connectivity index (χ1n) is 10.1. The van der Waals surface area contributed by atoms with Crippen LogP contribution in [0, 0.1) is 0 Å². The zero-order valence-electron chi connectivity index (χ0n) is 17.1. The topological polar surface area (TPSA) is 85.7 Å². The van der Waals surface area contributed by atoms with E-state index in [-0.39, 0.29) is 19.8 Å². The van der Waals surface area contributed by atoms with E-state index in [1.807, 2.05) is 60.7 Å². The first-order valence-corrected chi connectivity index (χ1v) is 10.1. The molecule has 0 unspecified atom stereocenters. The van der Waals surface area contributed by atoms with Crippen LogP contribution in [0.1, 0.15) is 11.1 Å². The molecule has 5 atom stereocenters. The van der Waals surface area contributed by atoms with Crippen molar-refractivity contribution in [3.8, 4) is 0 Å². The predicted molar refractivity (Wildman–Crippen MR) is 114 cm³/mol. The molecule has 0 N–H and O–H groups in total. The number of halogens is 1. The molecule has 3 rings (SSSR count). The van der Waals surface area contributed by atoms with Crippen molar-refractivity contribution in [1.82, 2.24) is 0 Å². The molecule has 8 heteroatoms. The minimum atomic E-state index is -1.84. The van der Waals surface area contributed by atoms with Crippen LogP contribution in [0.2, 0.25) is 0 Å². The Balaban J connectivity index is 1.73. The fourth-order valence-corrected chi connectivity index (χ4v) is 3.40. The zero-order chi connectivity index (χ0) is 21.9. The van der Waals surface area contributed by atoms with E-state index in [2.05, 4.69) is 16.6 Å². The van der Waals surface area contributed by atoms with Crippen molar-refractivity contribution < 1.29 is 23.3 Å². The Morgan fingerprint density at radius 2 is 1.65 bits per heavy atom. The molecule has 7 nitrogen and oxygen atoms in total. The lowest BCUT2D eigenvalue weighted by atomic mass is 9.97. The molecule has 0 radical (unpaired) electrons. The molecule has 0 spiro atoms. The van der Waals surface area contributed by atoms with Gasteiger partial charge in [0.2, 0.25) is 6.36 Å². The van der Waals surface area contributed by atoms with Gasteiger partial charge in [-0.2, -0.15) is 0 Å². The molecule has 1 saturated heterocycles. The van der Waals surface area contributed by atoms with Gasteiger partial charge in [-0.25, -0.2) is 4.39 Å². The van der Waals surface area contributed by atoms with Crippen molar-refractivity contribution in [3.63, 3.8) is 0 Å². The summed E-state index contributed by atoms with van der Waals surface area (Å²) in [6.07, 6.45) is -2.57. The van der Waals surface area contributed by atoms with Crippen molar-refractivity contribution in [3.05, 3.63) is 94.9 Å². The molecule has 1 fully saturated rings. The van der Waals surface area contributed by atoms with Crippen LogP contribution in [0.3, 0.4) is 0 Å². The van der Waals surface area contributed by atoms with Crippen molar-refractivity contribution in [1.29, 1.82) is 0 Å². The number of hydrogen-bond acceptors (Lipinski definition) is 5. The molecular weight excluding hydrogens is 401 g/mol. The standard InChI is InChI=1S/C23H26FN3O4/c1-2-13-29-21-19(16-28-14-17-9-5-3-6-10-17)31-23(24)20(26-27-25)22(21)30-15-18-11-7-4-8-12-18/h2-12,19-23H,1,13-16H2/t19-,20-,21-,22-,23-/m1/s1. The lowest BCUT2D eigenvalue weighted by Gasteiger charge is -2.42. The fourth-order valence-electron chi connectivity index (χ4n) is 3.40. The van der Waals surface area contributed by atoms with E-state index in [1.165, 1.54) is 0 Å². The second-order valence-corrected chi connectivity index (χ2v) is 7.07. The Kier molecular flexibility index (Phi) is 9.02. The molecule has 0 aliphatic carbocycles. The van der Waals surface area contributed by atoms with E-state index in [4.69, 9.17) is 24.5 Å². The van der Waals surface area contributed by atoms with Gasteiger partial charge in [-0.15, -0.1) is 6.58 Å². The second kappa shape index (κ2) is 12.2. The number of ether oxygens (including phenoxy) is 4. The normalized spacial score (nSPS) is 25.5. The van der Waals surface area contributed by atoms with Crippen molar-refractivity contribution in [2.24, 2.45) is 5.11 Å². The molecule has 0 saturated carbocycles. The molecule has 31 heavy (non-hydrogen) atoms. The SMILES string of the molecule is C=CCO[C@H]1[C@H](OCc2ccccc2)[C@@H](N=[N+]=[N-])[C@H](F)O[C@@H]1COCc1ccccc1. The first-order chi connectivity index (χ1) is 15.2. The third-order valence-electron chi connectivity index (χ3n) is 4.87. The third-order valence-corrected chi connectivity index (χ3v) is 4.87. The maximum Gasteiger partial charge on any atom is 0.210 e. The van der Waals surface area contributed by atoms with Crippen LogP contribution >= 0.6 is 0 Å². The summed E-state index contributed by atoms with van der Waals surface area (Å²) in [5.74, 6) is 0. The Hall–Kier alpha value is -2.74. The zero-order valence-corrected chi connectivity index (χ0v) is 17.1. The van der Waals surface area contributed by atoms with Crippen LogP contribution in [0.5, 0.6) is 0 Å². The van der Waals surface area contributed by atoms with Crippen LogP contribution in [0.4, 0.5) is 4.39 Å². The number of hydrogen-bond donors (Lipinski definition) is 0. The van der Waals surface area contributed by atoms with Gasteiger partial charge in [0.1, 0.15) is 24.4 Å². The average Bonchev–Trinajstić information content (AvgIpc) is 2.80. The van der Waals surface area contributed by atoms with Crippen LogP contribution in [-0.4, -0.2) is 43.9 Å². The molecule has 164 valence electrons. The summed E-state index contributed by atoms with van der Waals surface area (Å²) in [5, 5.41) is 3.59. The molecule has 0 amide bonds. The maximum absolute atomic E-state index is 14.8. The monoisotopic (exact) mass is 427 g/mol. The van der Waals surface area contributed by atoms with Crippen molar-refractivity contribution in [2.75, 3.05) is 13.2 Å². The quantitative estimate of drug-likeness (QED) is 0.224. The van der Waals surface area contributed by atoms with Gasteiger partial charge < -0.3 is 18.9 Å². The van der Waals surface area contributed by atoms with E-state index in [0.717, 1.165) is 11.1 Å². The molecule has 2 aromatic carbocycles. The largest absolute Gasteiger partial charge is 0.374 e. The van der Waals surface area contributed by atoms with Crippen LogP contribution in [0.15, 0.2) is 78.4 Å². The minimum absolute atomic E-state index is 0.0886. The van der Waals surface area contributed by atoms with Crippen molar-refractivity contribution >= 4 is 0 Å². The lowest BCUT2D eigenvalue weighted by Crippen LogP contribution is -2.58. The highest BCUT2D eigenvalue weighted by Crippen LogP contribution is 2.30. The number of nitrogens with zero attached hydrogens (tertiary/aromatic N) is 3. The summed E-state index contributed by atoms with van der Waals surface area (Å²) in [7, 11) is 0. The van der Waals surface area contributed by atoms with Crippen LogP contribution in [-0.2, 0) is 32.2 Å². The number of rotatable bonds is 11. The van der Waals surface area contributed by atoms with E-state index in [9.17, 15) is 4.39 Å². The Labute approximate surface area is 181 Å².